The van der Waals surface area contributed by atoms with Gasteiger partial charge in [0.2, 0.25) is 0 Å². The average Bonchev–Trinajstić information content (AvgIpc) is 2.84. The molecule has 1 atom stereocenters. The highest BCUT2D eigenvalue weighted by atomic mass is 16.6. The number of hydrogen-bond donors (Lipinski definition) is 0. The number of hydrogen-bond acceptors (Lipinski definition) is 5. The summed E-state index contributed by atoms with van der Waals surface area (Å²) in [6, 6.07) is 4.79. The average molecular weight is 370 g/mol. The number of ketones is 2. The Morgan fingerprint density at radius 3 is 2.44 bits per heavy atom. The highest BCUT2D eigenvalue weighted by Gasteiger charge is 2.59. The van der Waals surface area contributed by atoms with E-state index in [4.69, 9.17) is 0 Å². The van der Waals surface area contributed by atoms with E-state index in [9.17, 15) is 19.7 Å². The van der Waals surface area contributed by atoms with Crippen LogP contribution in [0.3, 0.4) is 0 Å². The Morgan fingerprint density at radius 1 is 1.07 bits per heavy atom. The van der Waals surface area contributed by atoms with Crippen LogP contribution in [0.15, 0.2) is 18.2 Å². The van der Waals surface area contributed by atoms with Crippen LogP contribution in [0.5, 0.6) is 0 Å². The van der Waals surface area contributed by atoms with E-state index in [-0.39, 0.29) is 28.7 Å². The van der Waals surface area contributed by atoms with Crippen LogP contribution in [-0.4, -0.2) is 29.1 Å². The highest BCUT2D eigenvalue weighted by Crippen LogP contribution is 2.52. The second kappa shape index (κ2) is 6.14. The van der Waals surface area contributed by atoms with Crippen LogP contribution in [0.1, 0.15) is 57.9 Å². The van der Waals surface area contributed by atoms with Crippen molar-refractivity contribution in [2.75, 3.05) is 11.4 Å². The van der Waals surface area contributed by atoms with Gasteiger partial charge in [0, 0.05) is 43.2 Å². The molecule has 1 saturated carbocycles. The van der Waals surface area contributed by atoms with Gasteiger partial charge in [-0.25, -0.2) is 0 Å². The molecule has 2 heterocycles. The van der Waals surface area contributed by atoms with E-state index in [0.29, 0.717) is 19.3 Å². The van der Waals surface area contributed by atoms with Gasteiger partial charge in [-0.2, -0.15) is 0 Å². The van der Waals surface area contributed by atoms with E-state index in [1.807, 2.05) is 13.8 Å². The van der Waals surface area contributed by atoms with Gasteiger partial charge in [0.1, 0.15) is 17.0 Å². The van der Waals surface area contributed by atoms with Crippen molar-refractivity contribution in [3.8, 4) is 0 Å². The van der Waals surface area contributed by atoms with Gasteiger partial charge in [-0.3, -0.25) is 19.7 Å². The molecule has 2 aliphatic heterocycles. The van der Waals surface area contributed by atoms with E-state index in [1.165, 1.54) is 6.07 Å². The first-order valence-electron chi connectivity index (χ1n) is 9.85. The van der Waals surface area contributed by atoms with Crippen LogP contribution < -0.4 is 4.90 Å². The molecule has 2 fully saturated rings. The summed E-state index contributed by atoms with van der Waals surface area (Å²) in [6.07, 6.45) is 5.03. The smallest absolute Gasteiger partial charge is 0.269 e. The maximum atomic E-state index is 13.4. The maximum Gasteiger partial charge on any atom is 0.269 e. The van der Waals surface area contributed by atoms with Crippen molar-refractivity contribution in [1.82, 2.24) is 0 Å². The van der Waals surface area contributed by atoms with Crippen molar-refractivity contribution in [3.05, 3.63) is 33.9 Å². The molecule has 1 saturated heterocycles. The predicted molar refractivity (Wildman–Crippen MR) is 102 cm³/mol. The van der Waals surface area contributed by atoms with Crippen LogP contribution in [0.25, 0.3) is 0 Å². The fraction of sp³-hybridized carbons (Fsp3) is 0.619. The quantitative estimate of drug-likeness (QED) is 0.426. The minimum atomic E-state index is -1.04. The predicted octanol–water partition coefficient (Wildman–Crippen LogP) is 3.84. The summed E-state index contributed by atoms with van der Waals surface area (Å²) in [5.41, 5.74) is 0.403. The molecule has 1 aromatic rings. The molecule has 6 heteroatoms. The topological polar surface area (TPSA) is 80.5 Å². The molecule has 4 rings (SSSR count). The summed E-state index contributed by atoms with van der Waals surface area (Å²) >= 11 is 0. The van der Waals surface area contributed by atoms with Gasteiger partial charge in [0.25, 0.3) is 5.69 Å². The number of nitrogens with zero attached hydrogens (tertiary/aromatic N) is 2. The third-order valence-corrected chi connectivity index (χ3v) is 6.65. The minimum absolute atomic E-state index is 0.0215. The summed E-state index contributed by atoms with van der Waals surface area (Å²) in [7, 11) is 0. The van der Waals surface area contributed by atoms with Crippen LogP contribution >= 0.6 is 0 Å². The van der Waals surface area contributed by atoms with Crippen LogP contribution in [0.2, 0.25) is 0 Å². The number of rotatable bonds is 1. The number of carbonyl (C=O) groups is 2. The second-order valence-electron chi connectivity index (χ2n) is 9.14. The van der Waals surface area contributed by atoms with Crippen molar-refractivity contribution >= 4 is 22.9 Å². The first-order chi connectivity index (χ1) is 12.7. The highest BCUT2D eigenvalue weighted by molar-refractivity contribution is 6.11. The van der Waals surface area contributed by atoms with Gasteiger partial charge in [0.15, 0.2) is 0 Å². The van der Waals surface area contributed by atoms with Crippen LogP contribution in [-0.2, 0) is 16.0 Å². The lowest BCUT2D eigenvalue weighted by atomic mass is 9.56. The normalized spacial score (nSPS) is 26.3. The molecule has 144 valence electrons. The zero-order valence-electron chi connectivity index (χ0n) is 16.0. The zero-order chi connectivity index (χ0) is 19.4. The van der Waals surface area contributed by atoms with Crippen molar-refractivity contribution in [1.29, 1.82) is 0 Å². The number of nitro benzene ring substituents is 1. The molecular weight excluding hydrogens is 344 g/mol. The summed E-state index contributed by atoms with van der Waals surface area (Å²) in [5, 5.41) is 11.3. The third kappa shape index (κ3) is 2.77. The second-order valence-corrected chi connectivity index (χ2v) is 9.14. The van der Waals surface area contributed by atoms with E-state index in [2.05, 4.69) is 4.90 Å². The molecule has 1 aromatic carbocycles. The third-order valence-electron chi connectivity index (χ3n) is 6.65. The molecule has 0 unspecified atom stereocenters. The molecule has 1 spiro atoms. The number of carbonyl (C=O) groups excluding carboxylic acids is 2. The molecule has 6 nitrogen and oxygen atoms in total. The molecule has 0 amide bonds. The SMILES string of the molecule is CC1(C)CC(=O)C2(Cc3cc([N+](=O)[O-])ccc3N3CCCCC[C@@H]32)C(=O)C1. The van der Waals surface area contributed by atoms with E-state index in [1.54, 1.807) is 12.1 Å². The summed E-state index contributed by atoms with van der Waals surface area (Å²) in [5.74, 6) is 0.0515. The maximum absolute atomic E-state index is 13.4. The van der Waals surface area contributed by atoms with Crippen LogP contribution in [0.4, 0.5) is 11.4 Å². The van der Waals surface area contributed by atoms with Gasteiger partial charge < -0.3 is 4.90 Å². The van der Waals surface area contributed by atoms with Crippen molar-refractivity contribution in [3.63, 3.8) is 0 Å². The molecule has 0 aromatic heterocycles. The Morgan fingerprint density at radius 2 is 1.78 bits per heavy atom. The van der Waals surface area contributed by atoms with Crippen molar-refractivity contribution in [2.45, 2.75) is 64.8 Å². The van der Waals surface area contributed by atoms with Gasteiger partial charge in [-0.15, -0.1) is 0 Å². The largest absolute Gasteiger partial charge is 0.367 e. The van der Waals surface area contributed by atoms with Crippen LogP contribution in [0, 0.1) is 20.9 Å². The summed E-state index contributed by atoms with van der Waals surface area (Å²) in [6.45, 7) is 4.74. The number of non-ortho nitro benzene ring substituents is 1. The van der Waals surface area contributed by atoms with Crippen molar-refractivity contribution in [2.24, 2.45) is 10.8 Å². The molecule has 0 N–H and O–H groups in total. The van der Waals surface area contributed by atoms with E-state index in [0.717, 1.165) is 43.5 Å². The van der Waals surface area contributed by atoms with Crippen molar-refractivity contribution < 1.29 is 14.5 Å². The van der Waals surface area contributed by atoms with Gasteiger partial charge >= 0.3 is 0 Å². The first kappa shape index (κ1) is 18.1. The Kier molecular flexibility index (Phi) is 4.13. The lowest BCUT2D eigenvalue weighted by Crippen LogP contribution is -2.63. The lowest BCUT2D eigenvalue weighted by molar-refractivity contribution is -0.384. The fourth-order valence-electron chi connectivity index (χ4n) is 5.41. The van der Waals surface area contributed by atoms with Gasteiger partial charge in [-0.05, 0) is 36.3 Å². The first-order valence-corrected chi connectivity index (χ1v) is 9.85. The number of fused-ring (bicyclic) bond motifs is 4. The molecule has 0 radical (unpaired) electrons. The Labute approximate surface area is 159 Å². The zero-order valence-corrected chi connectivity index (χ0v) is 16.0. The Balaban J connectivity index is 1.87. The monoisotopic (exact) mass is 370 g/mol. The molecular formula is C21H26N2O4. The fourth-order valence-corrected chi connectivity index (χ4v) is 5.41. The van der Waals surface area contributed by atoms with E-state index < -0.39 is 10.3 Å². The molecule has 27 heavy (non-hydrogen) atoms. The summed E-state index contributed by atoms with van der Waals surface area (Å²) < 4.78 is 0. The van der Waals surface area contributed by atoms with Gasteiger partial charge in [0.05, 0.1) is 4.92 Å². The Bertz CT molecular complexity index is 809. The molecule has 1 aliphatic carbocycles. The minimum Gasteiger partial charge on any atom is -0.367 e. The van der Waals surface area contributed by atoms with Gasteiger partial charge in [-0.1, -0.05) is 26.7 Å². The molecule has 0 bridgehead atoms. The standard InChI is InChI=1S/C21H26N2O4/c1-20(2)12-18(24)21(19(25)13-20)11-14-10-15(23(26)27)7-8-16(14)22-9-5-3-4-6-17(21)22/h7-8,10,17H,3-6,9,11-13H2,1-2H3/t17-/m1/s1. The number of benzene rings is 1. The molecule has 3 aliphatic rings. The number of anilines is 1. The lowest BCUT2D eigenvalue weighted by Gasteiger charge is -2.52. The Hall–Kier alpha value is -2.24. The summed E-state index contributed by atoms with van der Waals surface area (Å²) in [4.78, 5) is 39.9. The van der Waals surface area contributed by atoms with E-state index >= 15 is 0 Å². The number of Topliss-reactive ketones (excluding diaryl/α,β-unsaturated/α-hetero) is 2. The number of nitro groups is 1.